The van der Waals surface area contributed by atoms with E-state index in [0.29, 0.717) is 29.3 Å². The lowest BCUT2D eigenvalue weighted by atomic mass is 10.1. The van der Waals surface area contributed by atoms with Gasteiger partial charge in [0.15, 0.2) is 17.8 Å². The molecule has 1 aliphatic heterocycles. The van der Waals surface area contributed by atoms with Gasteiger partial charge in [-0.1, -0.05) is 42.5 Å². The van der Waals surface area contributed by atoms with Gasteiger partial charge < -0.3 is 10.1 Å². The standard InChI is InChI=1S/C19H16N4O3/c24-16-11-10-15(26-16)19(25)20-14-9-5-4-8-13(14)18-21-17(22-23-18)12-6-2-1-3-7-12/h1-9,15H,10-11H2,(H,20,25)(H,21,22,23)/t15-/m0/s1. The molecule has 0 saturated carbocycles. The summed E-state index contributed by atoms with van der Waals surface area (Å²) in [4.78, 5) is 28.1. The summed E-state index contributed by atoms with van der Waals surface area (Å²) in [5.41, 5.74) is 2.19. The summed E-state index contributed by atoms with van der Waals surface area (Å²) in [5, 5.41) is 9.98. The summed E-state index contributed by atoms with van der Waals surface area (Å²) in [6.45, 7) is 0. The topological polar surface area (TPSA) is 97.0 Å². The van der Waals surface area contributed by atoms with Gasteiger partial charge in [0.1, 0.15) is 0 Å². The Morgan fingerprint density at radius 2 is 1.88 bits per heavy atom. The number of esters is 1. The molecule has 7 nitrogen and oxygen atoms in total. The van der Waals surface area contributed by atoms with Crippen molar-refractivity contribution in [2.24, 2.45) is 0 Å². The first-order chi connectivity index (χ1) is 12.7. The van der Waals surface area contributed by atoms with Gasteiger partial charge >= 0.3 is 5.97 Å². The average molecular weight is 348 g/mol. The molecule has 1 atom stereocenters. The molecule has 1 aliphatic rings. The van der Waals surface area contributed by atoms with Gasteiger partial charge in [-0.2, -0.15) is 5.10 Å². The monoisotopic (exact) mass is 348 g/mol. The van der Waals surface area contributed by atoms with Crippen molar-refractivity contribution in [3.8, 4) is 22.8 Å². The maximum atomic E-state index is 12.3. The smallest absolute Gasteiger partial charge is 0.306 e. The number of ether oxygens (including phenoxy) is 1. The second-order valence-corrected chi connectivity index (χ2v) is 5.93. The van der Waals surface area contributed by atoms with E-state index in [1.807, 2.05) is 48.5 Å². The van der Waals surface area contributed by atoms with Crippen LogP contribution in [-0.4, -0.2) is 33.2 Å². The van der Waals surface area contributed by atoms with Crippen molar-refractivity contribution in [3.05, 3.63) is 54.6 Å². The number of benzene rings is 2. The zero-order chi connectivity index (χ0) is 17.9. The summed E-state index contributed by atoms with van der Waals surface area (Å²) < 4.78 is 5.02. The van der Waals surface area contributed by atoms with Gasteiger partial charge in [-0.15, -0.1) is 0 Å². The molecule has 0 unspecified atom stereocenters. The van der Waals surface area contributed by atoms with E-state index < -0.39 is 6.10 Å². The number of cyclic esters (lactones) is 1. The predicted octanol–water partition coefficient (Wildman–Crippen LogP) is 2.78. The van der Waals surface area contributed by atoms with E-state index >= 15 is 0 Å². The first-order valence-corrected chi connectivity index (χ1v) is 8.28. The third kappa shape index (κ3) is 3.19. The van der Waals surface area contributed by atoms with E-state index in [0.717, 1.165) is 5.56 Å². The minimum absolute atomic E-state index is 0.266. The number of amides is 1. The van der Waals surface area contributed by atoms with Crippen molar-refractivity contribution < 1.29 is 14.3 Å². The highest BCUT2D eigenvalue weighted by atomic mass is 16.6. The molecule has 1 amide bonds. The number of anilines is 1. The average Bonchev–Trinajstić information content (AvgIpc) is 3.32. The molecule has 4 rings (SSSR count). The van der Waals surface area contributed by atoms with Crippen LogP contribution in [0.1, 0.15) is 12.8 Å². The highest BCUT2D eigenvalue weighted by Crippen LogP contribution is 2.27. The van der Waals surface area contributed by atoms with Gasteiger partial charge in [-0.25, -0.2) is 4.98 Å². The Hall–Kier alpha value is -3.48. The molecule has 1 fully saturated rings. The SMILES string of the molecule is O=C1CC[C@@H](C(=O)Nc2ccccc2-c2nc(-c3ccccc3)n[nH]2)O1. The molecule has 0 bridgehead atoms. The summed E-state index contributed by atoms with van der Waals surface area (Å²) in [7, 11) is 0. The Morgan fingerprint density at radius 3 is 2.65 bits per heavy atom. The number of carbonyl (C=O) groups is 2. The molecule has 2 heterocycles. The molecule has 2 aromatic carbocycles. The Kier molecular flexibility index (Phi) is 4.18. The fourth-order valence-corrected chi connectivity index (χ4v) is 2.82. The lowest BCUT2D eigenvalue weighted by Gasteiger charge is -2.12. The maximum Gasteiger partial charge on any atom is 0.306 e. The third-order valence-corrected chi connectivity index (χ3v) is 4.13. The number of hydrogen-bond donors (Lipinski definition) is 2. The number of hydrogen-bond acceptors (Lipinski definition) is 5. The molecule has 3 aromatic rings. The van der Waals surface area contributed by atoms with Crippen LogP contribution in [0.25, 0.3) is 22.8 Å². The minimum atomic E-state index is -0.745. The van der Waals surface area contributed by atoms with E-state index in [-0.39, 0.29) is 18.3 Å². The fourth-order valence-electron chi connectivity index (χ4n) is 2.82. The third-order valence-electron chi connectivity index (χ3n) is 4.13. The van der Waals surface area contributed by atoms with E-state index in [1.165, 1.54) is 0 Å². The number of aromatic nitrogens is 3. The number of nitrogens with one attached hydrogen (secondary N) is 2. The van der Waals surface area contributed by atoms with Gasteiger partial charge in [0.2, 0.25) is 0 Å². The van der Waals surface area contributed by atoms with Crippen molar-refractivity contribution in [1.29, 1.82) is 0 Å². The van der Waals surface area contributed by atoms with Crippen LogP contribution in [0.5, 0.6) is 0 Å². The fraction of sp³-hybridized carbons (Fsp3) is 0.158. The van der Waals surface area contributed by atoms with Crippen LogP contribution < -0.4 is 5.32 Å². The zero-order valence-electron chi connectivity index (χ0n) is 13.8. The number of para-hydroxylation sites is 1. The minimum Gasteiger partial charge on any atom is -0.452 e. The molecule has 2 N–H and O–H groups in total. The quantitative estimate of drug-likeness (QED) is 0.707. The molecule has 130 valence electrons. The predicted molar refractivity (Wildman–Crippen MR) is 95.0 cm³/mol. The lowest BCUT2D eigenvalue weighted by Crippen LogP contribution is -2.27. The number of rotatable bonds is 4. The summed E-state index contributed by atoms with van der Waals surface area (Å²) >= 11 is 0. The largest absolute Gasteiger partial charge is 0.452 e. The normalized spacial score (nSPS) is 16.3. The van der Waals surface area contributed by atoms with Crippen LogP contribution in [0.15, 0.2) is 54.6 Å². The van der Waals surface area contributed by atoms with Crippen molar-refractivity contribution in [3.63, 3.8) is 0 Å². The van der Waals surface area contributed by atoms with Crippen LogP contribution in [0, 0.1) is 0 Å². The van der Waals surface area contributed by atoms with Crippen LogP contribution in [0.3, 0.4) is 0 Å². The molecule has 26 heavy (non-hydrogen) atoms. The Balaban J connectivity index is 1.59. The second-order valence-electron chi connectivity index (χ2n) is 5.93. The number of aromatic amines is 1. The Bertz CT molecular complexity index is 952. The highest BCUT2D eigenvalue weighted by molar-refractivity contribution is 5.99. The molecular weight excluding hydrogens is 332 g/mol. The highest BCUT2D eigenvalue weighted by Gasteiger charge is 2.30. The van der Waals surface area contributed by atoms with Crippen molar-refractivity contribution in [2.45, 2.75) is 18.9 Å². The molecule has 1 aromatic heterocycles. The van der Waals surface area contributed by atoms with Crippen LogP contribution >= 0.6 is 0 Å². The number of H-pyrrole nitrogens is 1. The Morgan fingerprint density at radius 1 is 1.12 bits per heavy atom. The molecule has 0 aliphatic carbocycles. The van der Waals surface area contributed by atoms with Crippen molar-refractivity contribution >= 4 is 17.6 Å². The van der Waals surface area contributed by atoms with Gasteiger partial charge in [-0.05, 0) is 12.1 Å². The summed E-state index contributed by atoms with van der Waals surface area (Å²) in [6, 6.07) is 16.9. The number of carbonyl (C=O) groups excluding carboxylic acids is 2. The zero-order valence-corrected chi connectivity index (χ0v) is 13.8. The second kappa shape index (κ2) is 6.79. The van der Waals surface area contributed by atoms with Gasteiger partial charge in [0, 0.05) is 24.0 Å². The van der Waals surface area contributed by atoms with Crippen molar-refractivity contribution in [1.82, 2.24) is 15.2 Å². The molecule has 0 spiro atoms. The van der Waals surface area contributed by atoms with Crippen LogP contribution in [0.4, 0.5) is 5.69 Å². The molecule has 0 radical (unpaired) electrons. The van der Waals surface area contributed by atoms with Gasteiger partial charge in [0.25, 0.3) is 5.91 Å². The lowest BCUT2D eigenvalue weighted by molar-refractivity contribution is -0.146. The number of nitrogens with zero attached hydrogens (tertiary/aromatic N) is 2. The molecular formula is C19H16N4O3. The van der Waals surface area contributed by atoms with Gasteiger partial charge in [-0.3, -0.25) is 14.7 Å². The first kappa shape index (κ1) is 16.0. The Labute approximate surface area is 149 Å². The molecule has 1 saturated heterocycles. The van der Waals surface area contributed by atoms with Crippen LogP contribution in [0.2, 0.25) is 0 Å². The van der Waals surface area contributed by atoms with E-state index in [4.69, 9.17) is 4.74 Å². The van der Waals surface area contributed by atoms with Gasteiger partial charge in [0.05, 0.1) is 5.69 Å². The summed E-state index contributed by atoms with van der Waals surface area (Å²) in [6.07, 6.45) is -0.0829. The van der Waals surface area contributed by atoms with Crippen LogP contribution in [-0.2, 0) is 14.3 Å². The first-order valence-electron chi connectivity index (χ1n) is 8.28. The maximum absolute atomic E-state index is 12.3. The molecule has 7 heteroatoms. The van der Waals surface area contributed by atoms with E-state index in [1.54, 1.807) is 6.07 Å². The van der Waals surface area contributed by atoms with E-state index in [9.17, 15) is 9.59 Å². The van der Waals surface area contributed by atoms with E-state index in [2.05, 4.69) is 20.5 Å². The summed E-state index contributed by atoms with van der Waals surface area (Å²) in [5.74, 6) is 0.432. The van der Waals surface area contributed by atoms with Crippen molar-refractivity contribution in [2.75, 3.05) is 5.32 Å².